The summed E-state index contributed by atoms with van der Waals surface area (Å²) in [6, 6.07) is 10.8. The fraction of sp³-hybridized carbons (Fsp3) is 0.407. The van der Waals surface area contributed by atoms with E-state index in [4.69, 9.17) is 0 Å². The number of ketones is 1. The first-order valence-electron chi connectivity index (χ1n) is 12.3. The highest BCUT2D eigenvalue weighted by atomic mass is 19.1. The summed E-state index contributed by atoms with van der Waals surface area (Å²) in [7, 11) is 0. The number of hydrogen-bond acceptors (Lipinski definition) is 5. The predicted molar refractivity (Wildman–Crippen MR) is 129 cm³/mol. The minimum atomic E-state index is -1.08. The highest BCUT2D eigenvalue weighted by Crippen LogP contribution is 2.31. The van der Waals surface area contributed by atoms with E-state index in [9.17, 15) is 28.8 Å². The Kier molecular flexibility index (Phi) is 8.10. The molecule has 8 nitrogen and oxygen atoms in total. The largest absolute Gasteiger partial charge is 0.326 e. The summed E-state index contributed by atoms with van der Waals surface area (Å²) in [6.45, 7) is 0. The van der Waals surface area contributed by atoms with E-state index >= 15 is 0 Å². The zero-order valence-corrected chi connectivity index (χ0v) is 19.9. The van der Waals surface area contributed by atoms with Gasteiger partial charge < -0.3 is 5.32 Å². The van der Waals surface area contributed by atoms with Crippen molar-refractivity contribution in [2.45, 2.75) is 63.5 Å². The molecule has 4 rings (SSSR count). The smallest absolute Gasteiger partial charge is 0.325 e. The average Bonchev–Trinajstić information content (AvgIpc) is 3.17. The molecule has 36 heavy (non-hydrogen) atoms. The lowest BCUT2D eigenvalue weighted by molar-refractivity contribution is -0.143. The van der Waals surface area contributed by atoms with E-state index in [1.54, 1.807) is 11.5 Å². The number of carbonyl (C=O) groups is 4. The van der Waals surface area contributed by atoms with E-state index in [1.165, 1.54) is 12.1 Å². The van der Waals surface area contributed by atoms with Crippen LogP contribution in [0.5, 0.6) is 0 Å². The van der Waals surface area contributed by atoms with Crippen LogP contribution >= 0.6 is 0 Å². The summed E-state index contributed by atoms with van der Waals surface area (Å²) in [5.41, 5.74) is 3.03. The van der Waals surface area contributed by atoms with E-state index in [0.717, 1.165) is 29.7 Å². The van der Waals surface area contributed by atoms with Crippen LogP contribution in [0.15, 0.2) is 48.5 Å². The van der Waals surface area contributed by atoms with Crippen molar-refractivity contribution in [3.63, 3.8) is 0 Å². The lowest BCUT2D eigenvalue weighted by Crippen LogP contribution is -2.53. The first-order chi connectivity index (χ1) is 17.4. The van der Waals surface area contributed by atoms with Crippen LogP contribution in [-0.4, -0.2) is 45.8 Å². The minimum absolute atomic E-state index is 0.132. The Balaban J connectivity index is 1.40. The molecule has 2 fully saturated rings. The molecule has 0 bridgehead atoms. The molecule has 2 atom stereocenters. The van der Waals surface area contributed by atoms with Gasteiger partial charge in [-0.05, 0) is 48.8 Å². The molecule has 1 heterocycles. The highest BCUT2D eigenvalue weighted by Gasteiger charge is 2.47. The second kappa shape index (κ2) is 11.4. The van der Waals surface area contributed by atoms with Gasteiger partial charge in [-0.3, -0.25) is 19.6 Å². The van der Waals surface area contributed by atoms with E-state index in [2.05, 4.69) is 5.32 Å². The van der Waals surface area contributed by atoms with Gasteiger partial charge in [-0.15, -0.1) is 0 Å². The molecular formula is C27H30FN3O5. The monoisotopic (exact) mass is 495 g/mol. The summed E-state index contributed by atoms with van der Waals surface area (Å²) in [6.07, 6.45) is 4.61. The third-order valence-corrected chi connectivity index (χ3v) is 7.09. The molecule has 4 amide bonds. The third kappa shape index (κ3) is 5.62. The maximum absolute atomic E-state index is 14.8. The van der Waals surface area contributed by atoms with Crippen LogP contribution in [0.3, 0.4) is 0 Å². The van der Waals surface area contributed by atoms with Gasteiger partial charge in [0.2, 0.25) is 0 Å². The quantitative estimate of drug-likeness (QED) is 0.213. The highest BCUT2D eigenvalue weighted by molar-refractivity contribution is 6.07. The van der Waals surface area contributed by atoms with Gasteiger partial charge in [-0.25, -0.2) is 19.6 Å². The Morgan fingerprint density at radius 1 is 1.08 bits per heavy atom. The van der Waals surface area contributed by atoms with Crippen LogP contribution in [-0.2, 0) is 22.4 Å². The van der Waals surface area contributed by atoms with Crippen LogP contribution in [0.4, 0.5) is 9.18 Å². The van der Waals surface area contributed by atoms with E-state index in [-0.39, 0.29) is 36.5 Å². The number of urea groups is 1. The second-order valence-corrected chi connectivity index (χ2v) is 9.46. The maximum atomic E-state index is 14.8. The number of Topliss-reactive ketones (excluding diaryl/α,β-unsaturated/α-hetero) is 1. The van der Waals surface area contributed by atoms with E-state index < -0.39 is 35.7 Å². The molecular weight excluding hydrogens is 465 g/mol. The number of amides is 4. The average molecular weight is 496 g/mol. The molecule has 1 aliphatic carbocycles. The topological polar surface area (TPSA) is 116 Å². The van der Waals surface area contributed by atoms with Crippen LogP contribution in [0.1, 0.15) is 60.0 Å². The Labute approximate surface area is 208 Å². The lowest BCUT2D eigenvalue weighted by atomic mass is 9.83. The van der Waals surface area contributed by atoms with Crippen molar-refractivity contribution < 1.29 is 28.8 Å². The molecule has 9 heteroatoms. The summed E-state index contributed by atoms with van der Waals surface area (Å²) >= 11 is 0. The van der Waals surface area contributed by atoms with Crippen LogP contribution in [0, 0.1) is 11.7 Å². The van der Waals surface area contributed by atoms with Gasteiger partial charge in [-0.1, -0.05) is 61.7 Å². The van der Waals surface area contributed by atoms with Crippen LogP contribution < -0.4 is 10.8 Å². The number of benzene rings is 2. The van der Waals surface area contributed by atoms with Gasteiger partial charge >= 0.3 is 6.03 Å². The molecule has 2 aromatic carbocycles. The fourth-order valence-corrected chi connectivity index (χ4v) is 5.17. The number of aryl methyl sites for hydroxylation is 1. The van der Waals surface area contributed by atoms with Crippen molar-refractivity contribution in [3.8, 4) is 0 Å². The first-order valence-corrected chi connectivity index (χ1v) is 12.3. The summed E-state index contributed by atoms with van der Waals surface area (Å²) in [4.78, 5) is 51.6. The normalized spacial score (nSPS) is 19.2. The SMILES string of the molecule is O=C(Cc1ccccc1)c1ccc(CCC2NC(=O)N(C(C(=O)NO)C3CCCCC3)C2=O)c(F)c1. The van der Waals surface area contributed by atoms with Crippen molar-refractivity contribution in [1.82, 2.24) is 15.7 Å². The molecule has 1 aliphatic heterocycles. The lowest BCUT2D eigenvalue weighted by Gasteiger charge is -2.33. The van der Waals surface area contributed by atoms with Gasteiger partial charge in [0.25, 0.3) is 11.8 Å². The first kappa shape index (κ1) is 25.5. The van der Waals surface area contributed by atoms with Gasteiger partial charge in [-0.2, -0.15) is 0 Å². The Morgan fingerprint density at radius 3 is 2.47 bits per heavy atom. The van der Waals surface area contributed by atoms with Gasteiger partial charge in [0, 0.05) is 12.0 Å². The second-order valence-electron chi connectivity index (χ2n) is 9.46. The molecule has 2 unspecified atom stereocenters. The number of nitrogens with one attached hydrogen (secondary N) is 2. The van der Waals surface area contributed by atoms with Crippen molar-refractivity contribution in [1.29, 1.82) is 0 Å². The third-order valence-electron chi connectivity index (χ3n) is 7.09. The molecule has 1 saturated carbocycles. The van der Waals surface area contributed by atoms with Gasteiger partial charge in [0.05, 0.1) is 0 Å². The van der Waals surface area contributed by atoms with Crippen molar-refractivity contribution in [3.05, 3.63) is 71.0 Å². The fourth-order valence-electron chi connectivity index (χ4n) is 5.17. The Hall–Kier alpha value is -3.59. The molecule has 190 valence electrons. The minimum Gasteiger partial charge on any atom is -0.326 e. The number of hydrogen-bond donors (Lipinski definition) is 3. The van der Waals surface area contributed by atoms with Crippen molar-refractivity contribution >= 4 is 23.6 Å². The van der Waals surface area contributed by atoms with E-state index in [0.29, 0.717) is 18.4 Å². The molecule has 1 saturated heterocycles. The number of imide groups is 1. The summed E-state index contributed by atoms with van der Waals surface area (Å²) < 4.78 is 14.8. The van der Waals surface area contributed by atoms with Crippen molar-refractivity contribution in [2.75, 3.05) is 0 Å². The zero-order chi connectivity index (χ0) is 25.7. The summed E-state index contributed by atoms with van der Waals surface area (Å²) in [5.74, 6) is -2.32. The standard InChI is InChI=1S/C27H30FN3O5/c28-21-16-20(23(32)15-17-7-3-1-4-8-17)12-11-18(21)13-14-22-26(34)31(27(35)29-22)24(25(33)30-36)19-9-5-2-6-10-19/h1,3-4,7-8,11-12,16,19,22,24,36H,2,5-6,9-10,13-15H2,(H,29,35)(H,30,33). The number of rotatable bonds is 9. The molecule has 0 aromatic heterocycles. The van der Waals surface area contributed by atoms with Crippen LogP contribution in [0.25, 0.3) is 0 Å². The zero-order valence-electron chi connectivity index (χ0n) is 19.9. The molecule has 0 radical (unpaired) electrons. The van der Waals surface area contributed by atoms with Crippen LogP contribution in [0.2, 0.25) is 0 Å². The maximum Gasteiger partial charge on any atom is 0.325 e. The van der Waals surface area contributed by atoms with E-state index in [1.807, 2.05) is 30.3 Å². The number of hydroxylamine groups is 1. The number of halogens is 1. The molecule has 2 aromatic rings. The van der Waals surface area contributed by atoms with Gasteiger partial charge in [0.1, 0.15) is 17.9 Å². The number of carbonyl (C=O) groups excluding carboxylic acids is 4. The van der Waals surface area contributed by atoms with Crippen molar-refractivity contribution in [2.24, 2.45) is 5.92 Å². The Morgan fingerprint density at radius 2 is 1.81 bits per heavy atom. The molecule has 0 spiro atoms. The molecule has 3 N–H and O–H groups in total. The summed E-state index contributed by atoms with van der Waals surface area (Å²) in [5, 5.41) is 11.8. The number of nitrogens with zero attached hydrogens (tertiary/aromatic N) is 1. The predicted octanol–water partition coefficient (Wildman–Crippen LogP) is 3.56. The van der Waals surface area contributed by atoms with Gasteiger partial charge in [0.15, 0.2) is 5.78 Å². The molecule has 2 aliphatic rings. The Bertz CT molecular complexity index is 1130.